The van der Waals surface area contributed by atoms with Crippen LogP contribution < -0.4 is 10.6 Å². The molecule has 19 heavy (non-hydrogen) atoms. The lowest BCUT2D eigenvalue weighted by Gasteiger charge is -2.18. The van der Waals surface area contributed by atoms with Crippen molar-refractivity contribution in [3.8, 4) is 0 Å². The van der Waals surface area contributed by atoms with Crippen molar-refractivity contribution in [3.05, 3.63) is 20.7 Å². The van der Waals surface area contributed by atoms with E-state index in [0.29, 0.717) is 6.54 Å². The lowest BCUT2D eigenvalue weighted by atomic mass is 10.1. The highest BCUT2D eigenvalue weighted by atomic mass is 35.5. The first-order valence-corrected chi connectivity index (χ1v) is 6.08. The molecule has 1 atom stereocenters. The Kier molecular flexibility index (Phi) is 3.94. The zero-order chi connectivity index (χ0) is 14.0. The van der Waals surface area contributed by atoms with E-state index in [0.717, 1.165) is 0 Å². The van der Waals surface area contributed by atoms with E-state index < -0.39 is 0 Å². The van der Waals surface area contributed by atoms with Gasteiger partial charge in [-0.15, -0.1) is 0 Å². The standard InChI is InChI=1S/C9H9Cl2N7O/c10-7-6(8(11)16-9(12)15-7)18-3-4(1-5(18)19)2-14-17-13/h4H,1-3H2,(H2,12,15,16). The van der Waals surface area contributed by atoms with Crippen molar-refractivity contribution < 1.29 is 4.79 Å². The second-order valence-electron chi connectivity index (χ2n) is 4.00. The molecule has 0 saturated carbocycles. The van der Waals surface area contributed by atoms with E-state index in [9.17, 15) is 4.79 Å². The molecule has 2 N–H and O–H groups in total. The van der Waals surface area contributed by atoms with Crippen molar-refractivity contribution in [2.24, 2.45) is 11.0 Å². The third-order valence-electron chi connectivity index (χ3n) is 2.69. The van der Waals surface area contributed by atoms with Crippen LogP contribution in [0, 0.1) is 5.92 Å². The summed E-state index contributed by atoms with van der Waals surface area (Å²) in [6, 6.07) is 0. The maximum atomic E-state index is 11.9. The fraction of sp³-hybridized carbons (Fsp3) is 0.444. The Balaban J connectivity index is 2.28. The van der Waals surface area contributed by atoms with Crippen molar-refractivity contribution in [3.63, 3.8) is 0 Å². The van der Waals surface area contributed by atoms with Gasteiger partial charge in [0.25, 0.3) is 0 Å². The predicted molar refractivity (Wildman–Crippen MR) is 70.9 cm³/mol. The maximum Gasteiger partial charge on any atom is 0.227 e. The number of nitrogen functional groups attached to an aromatic ring is 1. The van der Waals surface area contributed by atoms with Gasteiger partial charge >= 0.3 is 0 Å². The number of aromatic nitrogens is 2. The summed E-state index contributed by atoms with van der Waals surface area (Å²) in [5.41, 5.74) is 13.9. The van der Waals surface area contributed by atoms with Gasteiger partial charge in [-0.05, 0) is 11.4 Å². The quantitative estimate of drug-likeness (QED) is 0.397. The predicted octanol–water partition coefficient (Wildman–Crippen LogP) is 2.03. The van der Waals surface area contributed by atoms with Gasteiger partial charge in [0.15, 0.2) is 10.3 Å². The van der Waals surface area contributed by atoms with Crippen LogP contribution in [0.1, 0.15) is 6.42 Å². The smallest absolute Gasteiger partial charge is 0.227 e. The molecule has 2 heterocycles. The van der Waals surface area contributed by atoms with E-state index in [1.807, 2.05) is 0 Å². The minimum Gasteiger partial charge on any atom is -0.368 e. The molecule has 0 radical (unpaired) electrons. The Bertz CT molecular complexity index is 549. The molecule has 0 aromatic carbocycles. The second kappa shape index (κ2) is 5.48. The highest BCUT2D eigenvalue weighted by Gasteiger charge is 2.33. The first kappa shape index (κ1) is 13.7. The average molecular weight is 302 g/mol. The number of carbonyl (C=O) groups is 1. The fourth-order valence-corrected chi connectivity index (χ4v) is 2.52. The van der Waals surface area contributed by atoms with Gasteiger partial charge in [0, 0.05) is 24.4 Å². The molecule has 0 bridgehead atoms. The van der Waals surface area contributed by atoms with Gasteiger partial charge in [-0.25, -0.2) is 0 Å². The molecule has 2 rings (SSSR count). The molecule has 10 heteroatoms. The summed E-state index contributed by atoms with van der Waals surface area (Å²) in [6.07, 6.45) is 0.260. The fourth-order valence-electron chi connectivity index (χ4n) is 1.91. The van der Waals surface area contributed by atoms with Crippen LogP contribution >= 0.6 is 23.2 Å². The van der Waals surface area contributed by atoms with Gasteiger partial charge in [0.2, 0.25) is 11.9 Å². The summed E-state index contributed by atoms with van der Waals surface area (Å²) in [4.78, 5) is 23.5. The lowest BCUT2D eigenvalue weighted by molar-refractivity contribution is -0.117. The molecular weight excluding hydrogens is 293 g/mol. The van der Waals surface area contributed by atoms with Crippen LogP contribution in [-0.2, 0) is 4.79 Å². The monoisotopic (exact) mass is 301 g/mol. The van der Waals surface area contributed by atoms with Crippen LogP contribution in [0.15, 0.2) is 5.11 Å². The van der Waals surface area contributed by atoms with Gasteiger partial charge in [-0.2, -0.15) is 9.97 Å². The number of hydrogen-bond acceptors (Lipinski definition) is 5. The number of azide groups is 1. The minimum absolute atomic E-state index is 0.0234. The number of anilines is 2. The largest absolute Gasteiger partial charge is 0.368 e. The summed E-state index contributed by atoms with van der Waals surface area (Å²) >= 11 is 11.9. The summed E-state index contributed by atoms with van der Waals surface area (Å²) < 4.78 is 0. The van der Waals surface area contributed by atoms with Gasteiger partial charge < -0.3 is 10.6 Å². The van der Waals surface area contributed by atoms with Crippen molar-refractivity contribution in [1.29, 1.82) is 0 Å². The molecule has 1 aromatic heterocycles. The van der Waals surface area contributed by atoms with Gasteiger partial charge in [0.1, 0.15) is 5.69 Å². The molecule has 0 spiro atoms. The summed E-state index contributed by atoms with van der Waals surface area (Å²) in [7, 11) is 0. The first-order chi connectivity index (χ1) is 9.02. The zero-order valence-corrected chi connectivity index (χ0v) is 11.1. The Morgan fingerprint density at radius 3 is 2.68 bits per heavy atom. The van der Waals surface area contributed by atoms with E-state index in [1.165, 1.54) is 4.90 Å². The Morgan fingerprint density at radius 1 is 1.47 bits per heavy atom. The van der Waals surface area contributed by atoms with E-state index in [2.05, 4.69) is 20.0 Å². The molecule has 1 saturated heterocycles. The molecule has 0 aliphatic carbocycles. The van der Waals surface area contributed by atoms with Crippen LogP contribution in [0.4, 0.5) is 11.6 Å². The normalized spacial score (nSPS) is 18.5. The lowest BCUT2D eigenvalue weighted by Crippen LogP contribution is -2.26. The number of hydrogen-bond donors (Lipinski definition) is 1. The number of halogens is 2. The molecule has 1 unspecified atom stereocenters. The molecule has 1 aromatic rings. The number of amides is 1. The molecule has 8 nitrogen and oxygen atoms in total. The number of nitrogens with zero attached hydrogens (tertiary/aromatic N) is 6. The zero-order valence-electron chi connectivity index (χ0n) is 9.62. The molecule has 1 amide bonds. The SMILES string of the molecule is [N-]=[N+]=NCC1CC(=O)N(c2c(Cl)nc(N)nc2Cl)C1. The number of nitrogens with two attached hydrogens (primary N) is 1. The molecular formula is C9H9Cl2N7O. The van der Waals surface area contributed by atoms with Crippen LogP contribution in [0.5, 0.6) is 0 Å². The van der Waals surface area contributed by atoms with Crippen molar-refractivity contribution in [2.45, 2.75) is 6.42 Å². The van der Waals surface area contributed by atoms with Crippen molar-refractivity contribution >= 4 is 40.7 Å². The number of carbonyl (C=O) groups excluding carboxylic acids is 1. The highest BCUT2D eigenvalue weighted by Crippen LogP contribution is 2.35. The second-order valence-corrected chi connectivity index (χ2v) is 4.72. The first-order valence-electron chi connectivity index (χ1n) is 5.32. The van der Waals surface area contributed by atoms with Crippen LogP contribution in [-0.4, -0.2) is 29.0 Å². The Labute approximate surface area is 118 Å². The van der Waals surface area contributed by atoms with Gasteiger partial charge in [-0.1, -0.05) is 28.3 Å². The van der Waals surface area contributed by atoms with Crippen molar-refractivity contribution in [2.75, 3.05) is 23.7 Å². The minimum atomic E-state index is -0.171. The molecule has 1 aliphatic heterocycles. The van der Waals surface area contributed by atoms with Crippen molar-refractivity contribution in [1.82, 2.24) is 9.97 Å². The maximum absolute atomic E-state index is 11.9. The molecule has 1 aliphatic rings. The van der Waals surface area contributed by atoms with E-state index in [1.54, 1.807) is 0 Å². The van der Waals surface area contributed by atoms with Gasteiger partial charge in [0.05, 0.1) is 0 Å². The van der Waals surface area contributed by atoms with Crippen LogP contribution in [0.3, 0.4) is 0 Å². The van der Waals surface area contributed by atoms with E-state index in [4.69, 9.17) is 34.5 Å². The summed E-state index contributed by atoms with van der Waals surface area (Å²) in [5, 5.41) is 3.51. The topological polar surface area (TPSA) is 121 Å². The number of rotatable bonds is 3. The van der Waals surface area contributed by atoms with Crippen LogP contribution in [0.25, 0.3) is 10.4 Å². The summed E-state index contributed by atoms with van der Waals surface area (Å²) in [6.45, 7) is 0.592. The van der Waals surface area contributed by atoms with E-state index in [-0.39, 0.29) is 46.7 Å². The Hall–Kier alpha value is -1.76. The molecule has 100 valence electrons. The van der Waals surface area contributed by atoms with Gasteiger partial charge in [-0.3, -0.25) is 4.79 Å². The van der Waals surface area contributed by atoms with E-state index >= 15 is 0 Å². The summed E-state index contributed by atoms with van der Waals surface area (Å²) in [5.74, 6) is -0.306. The van der Waals surface area contributed by atoms with Crippen LogP contribution in [0.2, 0.25) is 10.3 Å². The third kappa shape index (κ3) is 2.81. The Morgan fingerprint density at radius 2 is 2.11 bits per heavy atom. The third-order valence-corrected chi connectivity index (χ3v) is 3.22. The molecule has 1 fully saturated rings. The average Bonchev–Trinajstić information content (AvgIpc) is 2.67. The highest BCUT2D eigenvalue weighted by molar-refractivity contribution is 6.38.